The van der Waals surface area contributed by atoms with E-state index in [2.05, 4.69) is 6.92 Å². The summed E-state index contributed by atoms with van der Waals surface area (Å²) in [5, 5.41) is 0. The summed E-state index contributed by atoms with van der Waals surface area (Å²) in [6.45, 7) is 7.57. The zero-order valence-electron chi connectivity index (χ0n) is 27.1. The fourth-order valence-corrected chi connectivity index (χ4v) is 8.79. The summed E-state index contributed by atoms with van der Waals surface area (Å²) in [6, 6.07) is 9.14. The molecule has 18 heteroatoms. The van der Waals surface area contributed by atoms with Gasteiger partial charge in [-0.2, -0.15) is 16.8 Å². The van der Waals surface area contributed by atoms with E-state index in [0.717, 1.165) is 49.9 Å². The molecule has 3 atom stereocenters. The van der Waals surface area contributed by atoms with E-state index >= 15 is 0 Å². The summed E-state index contributed by atoms with van der Waals surface area (Å²) in [4.78, 5) is 24.6. The van der Waals surface area contributed by atoms with Crippen molar-refractivity contribution in [2.45, 2.75) is 119 Å². The summed E-state index contributed by atoms with van der Waals surface area (Å²) in [5.74, 6) is -1.43. The SMILES string of the molecule is CCCCCCCCCCCC(C)P(C(C)OC(=O)Oc1ccc(S(=O)(=O)O)cc1)C(C)OC(=O)Oc1ccc(S(=O)(=O)O)cc1.Cl.[NaH].[NaH]. The predicted octanol–water partition coefficient (Wildman–Crippen LogP) is 7.52. The average molecular weight is 789 g/mol. The van der Waals surface area contributed by atoms with Crippen LogP contribution in [0.1, 0.15) is 91.9 Å². The molecule has 2 aromatic rings. The summed E-state index contributed by atoms with van der Waals surface area (Å²) in [5.41, 5.74) is 0.00763. The molecule has 2 rings (SSSR count). The van der Waals surface area contributed by atoms with Crippen LogP contribution in [0.2, 0.25) is 0 Å². The van der Waals surface area contributed by atoms with Gasteiger partial charge in [-0.15, -0.1) is 12.4 Å². The van der Waals surface area contributed by atoms with Crippen LogP contribution in [-0.4, -0.2) is 115 Å². The van der Waals surface area contributed by atoms with Crippen molar-refractivity contribution in [1.82, 2.24) is 0 Å². The summed E-state index contributed by atoms with van der Waals surface area (Å²) in [6.07, 6.45) is 9.26. The summed E-state index contributed by atoms with van der Waals surface area (Å²) < 4.78 is 84.9. The first kappa shape index (κ1) is 50.6. The molecular formula is C31H48ClNa2O12PS2. The quantitative estimate of drug-likeness (QED) is 0.0358. The second-order valence-electron chi connectivity index (χ2n) is 10.9. The number of carbonyl (C=O) groups excluding carboxylic acids is 2. The normalized spacial score (nSPS) is 13.6. The van der Waals surface area contributed by atoms with Crippen molar-refractivity contribution in [3.63, 3.8) is 0 Å². The van der Waals surface area contributed by atoms with Crippen LogP contribution in [0.4, 0.5) is 9.59 Å². The number of unbranched alkanes of at least 4 members (excludes halogenated alkanes) is 8. The van der Waals surface area contributed by atoms with E-state index in [1.165, 1.54) is 62.8 Å². The van der Waals surface area contributed by atoms with E-state index < -0.39 is 52.2 Å². The average Bonchev–Trinajstić information content (AvgIpc) is 2.95. The fraction of sp³-hybridized carbons (Fsp3) is 0.548. The number of benzene rings is 2. The third kappa shape index (κ3) is 19.8. The maximum absolute atomic E-state index is 12.6. The molecule has 0 aromatic heterocycles. The van der Waals surface area contributed by atoms with Crippen molar-refractivity contribution in [3.05, 3.63) is 48.5 Å². The van der Waals surface area contributed by atoms with E-state index in [0.29, 0.717) is 0 Å². The van der Waals surface area contributed by atoms with Crippen LogP contribution < -0.4 is 9.47 Å². The molecule has 0 spiro atoms. The first-order valence-corrected chi connectivity index (χ1v) is 19.7. The van der Waals surface area contributed by atoms with Gasteiger partial charge in [0.25, 0.3) is 20.2 Å². The zero-order valence-corrected chi connectivity index (χ0v) is 30.4. The van der Waals surface area contributed by atoms with Crippen LogP contribution in [-0.2, 0) is 29.7 Å². The zero-order chi connectivity index (χ0) is 34.3. The molecule has 0 aliphatic rings. The molecule has 3 unspecified atom stereocenters. The minimum absolute atomic E-state index is 0. The van der Waals surface area contributed by atoms with Crippen molar-refractivity contribution in [1.29, 1.82) is 0 Å². The van der Waals surface area contributed by atoms with Gasteiger partial charge in [0.05, 0.1) is 9.79 Å². The van der Waals surface area contributed by atoms with Crippen LogP contribution >= 0.6 is 20.3 Å². The van der Waals surface area contributed by atoms with Crippen LogP contribution in [0.15, 0.2) is 58.3 Å². The first-order chi connectivity index (χ1) is 21.6. The molecular weight excluding hydrogens is 741 g/mol. The first-order valence-electron chi connectivity index (χ1n) is 15.3. The van der Waals surface area contributed by atoms with E-state index in [9.17, 15) is 26.4 Å². The van der Waals surface area contributed by atoms with Crippen molar-refractivity contribution in [2.75, 3.05) is 0 Å². The van der Waals surface area contributed by atoms with Gasteiger partial charge >= 0.3 is 71.4 Å². The number of ether oxygens (including phenoxy) is 4. The second kappa shape index (κ2) is 25.5. The molecule has 12 nitrogen and oxygen atoms in total. The van der Waals surface area contributed by atoms with Gasteiger partial charge in [-0.05, 0) is 82.4 Å². The third-order valence-corrected chi connectivity index (χ3v) is 12.2. The fourth-order valence-electron chi connectivity index (χ4n) is 4.91. The van der Waals surface area contributed by atoms with E-state index in [1.807, 2.05) is 6.92 Å². The van der Waals surface area contributed by atoms with Gasteiger partial charge in [0.2, 0.25) is 0 Å². The molecule has 2 aromatic carbocycles. The second-order valence-corrected chi connectivity index (χ2v) is 17.0. The summed E-state index contributed by atoms with van der Waals surface area (Å²) >= 11 is 0. The molecule has 0 saturated carbocycles. The maximum atomic E-state index is 12.6. The molecule has 0 fully saturated rings. The molecule has 270 valence electrons. The minimum atomic E-state index is -4.41. The van der Waals surface area contributed by atoms with Crippen molar-refractivity contribution >= 4 is 112 Å². The predicted molar refractivity (Wildman–Crippen MR) is 195 cm³/mol. The standard InChI is InChI=1S/C31H45O12PS2.ClH.2Na.2H/c1-5-6-7-8-9-10-11-12-13-14-23(2)44(24(3)40-30(32)42-26-15-19-28(20-16-26)45(34,35)36)25(4)41-31(33)43-27-17-21-29(22-18-27)46(37,38)39;;;;;/h15-25H,5-14H2,1-4H3,(H,34,35,36)(H,37,38,39);1H;;;;. The Morgan fingerprint density at radius 2 is 0.959 bits per heavy atom. The Bertz CT molecular complexity index is 1370. The van der Waals surface area contributed by atoms with Crippen molar-refractivity contribution < 1.29 is 54.5 Å². The van der Waals surface area contributed by atoms with Crippen LogP contribution in [0.5, 0.6) is 11.5 Å². The third-order valence-electron chi connectivity index (χ3n) is 7.25. The number of hydrogen-bond acceptors (Lipinski definition) is 10. The Morgan fingerprint density at radius 1 is 0.633 bits per heavy atom. The van der Waals surface area contributed by atoms with E-state index in [1.54, 1.807) is 13.8 Å². The van der Waals surface area contributed by atoms with Gasteiger partial charge < -0.3 is 18.9 Å². The Morgan fingerprint density at radius 3 is 1.29 bits per heavy atom. The molecule has 0 saturated heterocycles. The van der Waals surface area contributed by atoms with Gasteiger partial charge in [0.1, 0.15) is 23.2 Å². The van der Waals surface area contributed by atoms with Crippen molar-refractivity contribution in [2.24, 2.45) is 0 Å². The van der Waals surface area contributed by atoms with E-state index in [-0.39, 0.29) is 98.5 Å². The van der Waals surface area contributed by atoms with Crippen LogP contribution in [0.3, 0.4) is 0 Å². The topological polar surface area (TPSA) is 180 Å². The van der Waals surface area contributed by atoms with Gasteiger partial charge in [-0.3, -0.25) is 9.11 Å². The van der Waals surface area contributed by atoms with Crippen molar-refractivity contribution in [3.8, 4) is 11.5 Å². The number of carbonyl (C=O) groups is 2. The number of hydrogen-bond donors (Lipinski definition) is 2. The molecule has 0 radical (unpaired) electrons. The van der Waals surface area contributed by atoms with Gasteiger partial charge in [0, 0.05) is 0 Å². The molecule has 0 aliphatic heterocycles. The van der Waals surface area contributed by atoms with E-state index in [4.69, 9.17) is 28.1 Å². The molecule has 0 aliphatic carbocycles. The van der Waals surface area contributed by atoms with Crippen LogP contribution in [0.25, 0.3) is 0 Å². The Labute approximate surface area is 342 Å². The van der Waals surface area contributed by atoms with Gasteiger partial charge in [0.15, 0.2) is 0 Å². The molecule has 0 bridgehead atoms. The Kier molecular flexibility index (Phi) is 26.3. The number of halogens is 1. The molecule has 0 amide bonds. The Balaban J connectivity index is 0. The Hall–Kier alpha value is -0.480. The summed E-state index contributed by atoms with van der Waals surface area (Å²) in [7, 11) is -10.1. The molecule has 2 N–H and O–H groups in total. The van der Waals surface area contributed by atoms with Gasteiger partial charge in [-0.1, -0.05) is 71.6 Å². The monoisotopic (exact) mass is 788 g/mol. The van der Waals surface area contributed by atoms with Crippen LogP contribution in [0, 0.1) is 0 Å². The molecule has 0 heterocycles. The number of rotatable bonds is 19. The van der Waals surface area contributed by atoms with Gasteiger partial charge in [-0.25, -0.2) is 9.59 Å². The molecule has 49 heavy (non-hydrogen) atoms.